The minimum atomic E-state index is -2.29. The van der Waals surface area contributed by atoms with Crippen LogP contribution in [0.25, 0.3) is 0 Å². The first-order chi connectivity index (χ1) is 6.39. The van der Waals surface area contributed by atoms with Gasteiger partial charge in [0.15, 0.2) is 0 Å². The molecule has 0 saturated heterocycles. The van der Waals surface area contributed by atoms with Gasteiger partial charge >= 0.3 is 11.9 Å². The summed E-state index contributed by atoms with van der Waals surface area (Å²) in [6.45, 7) is 8.39. The van der Waals surface area contributed by atoms with Crippen LogP contribution in [0.2, 0.25) is 0 Å². The van der Waals surface area contributed by atoms with Crippen LogP contribution in [0.4, 0.5) is 0 Å². The van der Waals surface area contributed by atoms with Gasteiger partial charge in [0.25, 0.3) is 0 Å². The maximum Gasteiger partial charge on any atom is 0.336 e. The van der Waals surface area contributed by atoms with Gasteiger partial charge in [-0.2, -0.15) is 0 Å². The summed E-state index contributed by atoms with van der Waals surface area (Å²) in [5.41, 5.74) is 1.63. The fourth-order valence-corrected chi connectivity index (χ4v) is 1.22. The first kappa shape index (κ1) is 13.9. The highest BCUT2D eigenvalue weighted by molar-refractivity contribution is 6.04. The summed E-state index contributed by atoms with van der Waals surface area (Å²) in [5, 5.41) is 18.0. The predicted octanol–water partition coefficient (Wildman–Crippen LogP) is 0.925. The van der Waals surface area contributed by atoms with Crippen LogP contribution in [-0.4, -0.2) is 27.7 Å². The molecule has 0 aromatic heterocycles. The molecule has 0 aliphatic carbocycles. The van der Waals surface area contributed by atoms with Gasteiger partial charge in [0.1, 0.15) is 0 Å². The van der Waals surface area contributed by atoms with Crippen LogP contribution in [0, 0.1) is 10.8 Å². The van der Waals surface area contributed by atoms with E-state index in [1.54, 1.807) is 34.6 Å². The molecular weight excluding hydrogens is 198 g/mol. The molecule has 0 aliphatic heterocycles. The van der Waals surface area contributed by atoms with Gasteiger partial charge in [-0.25, -0.2) is 9.59 Å². The maximum absolute atomic E-state index is 11.1. The normalized spacial score (nSPS) is 13.7. The van der Waals surface area contributed by atoms with Crippen molar-refractivity contribution in [2.75, 3.05) is 0 Å². The zero-order valence-electron chi connectivity index (χ0n) is 9.79. The second kappa shape index (κ2) is 3.48. The third-order valence-corrected chi connectivity index (χ3v) is 3.54. The quantitative estimate of drug-likeness (QED) is 0.610. The Morgan fingerprint density at radius 2 is 1.20 bits per heavy atom. The highest BCUT2D eigenvalue weighted by Crippen LogP contribution is 2.45. The molecule has 0 aliphatic rings. The molecule has 0 atom stereocenters. The SMILES string of the molecule is CC(C)(C)C(C)(C)C(N)(C(=O)O)C(=O)O. The van der Waals surface area contributed by atoms with Crippen molar-refractivity contribution in [1.29, 1.82) is 0 Å². The third-order valence-electron chi connectivity index (χ3n) is 3.54. The molecule has 0 unspecified atom stereocenters. The summed E-state index contributed by atoms with van der Waals surface area (Å²) >= 11 is 0. The fraction of sp³-hybridized carbons (Fsp3) is 0.800. The van der Waals surface area contributed by atoms with Gasteiger partial charge in [0.2, 0.25) is 5.54 Å². The standard InChI is InChI=1S/C10H19NO4/c1-8(2,3)9(4,5)10(11,6(12)13)7(14)15/h11H2,1-5H3,(H,12,13)(H,14,15). The van der Waals surface area contributed by atoms with E-state index >= 15 is 0 Å². The number of carbonyl (C=O) groups is 2. The minimum absolute atomic E-state index is 0.543. The summed E-state index contributed by atoms with van der Waals surface area (Å²) in [6, 6.07) is 0. The molecule has 0 spiro atoms. The third kappa shape index (κ3) is 1.84. The van der Waals surface area contributed by atoms with Crippen molar-refractivity contribution >= 4 is 11.9 Å². The summed E-state index contributed by atoms with van der Waals surface area (Å²) in [5.74, 6) is -3.04. The Bertz CT molecular complexity index is 274. The topological polar surface area (TPSA) is 101 Å². The summed E-state index contributed by atoms with van der Waals surface area (Å²) in [4.78, 5) is 22.1. The molecule has 5 nitrogen and oxygen atoms in total. The molecule has 0 amide bonds. The Balaban J connectivity index is 5.68. The van der Waals surface area contributed by atoms with E-state index in [2.05, 4.69) is 0 Å². The average Bonchev–Trinajstić information content (AvgIpc) is 1.99. The molecule has 4 N–H and O–H groups in total. The highest BCUT2D eigenvalue weighted by Gasteiger charge is 2.59. The Kier molecular flexibility index (Phi) is 3.23. The zero-order chi connectivity index (χ0) is 12.7. The van der Waals surface area contributed by atoms with Crippen LogP contribution in [0.5, 0.6) is 0 Å². The molecule has 0 bridgehead atoms. The molecule has 88 valence electrons. The second-order valence-electron chi connectivity index (χ2n) is 5.29. The van der Waals surface area contributed by atoms with Gasteiger partial charge < -0.3 is 15.9 Å². The number of carboxylic acid groups (broad SMARTS) is 2. The van der Waals surface area contributed by atoms with Crippen LogP contribution < -0.4 is 5.73 Å². The van der Waals surface area contributed by atoms with Crippen LogP contribution in [0.3, 0.4) is 0 Å². The summed E-state index contributed by atoms with van der Waals surface area (Å²) in [6.07, 6.45) is 0. The Hall–Kier alpha value is -1.10. The molecule has 0 fully saturated rings. The van der Waals surface area contributed by atoms with E-state index in [0.29, 0.717) is 0 Å². The second-order valence-corrected chi connectivity index (χ2v) is 5.29. The summed E-state index contributed by atoms with van der Waals surface area (Å²) in [7, 11) is 0. The number of rotatable bonds is 3. The van der Waals surface area contributed by atoms with Crippen LogP contribution >= 0.6 is 0 Å². The smallest absolute Gasteiger partial charge is 0.336 e. The monoisotopic (exact) mass is 217 g/mol. The van der Waals surface area contributed by atoms with E-state index in [4.69, 9.17) is 15.9 Å². The highest BCUT2D eigenvalue weighted by atomic mass is 16.4. The van der Waals surface area contributed by atoms with Crippen LogP contribution in [0.15, 0.2) is 0 Å². The van der Waals surface area contributed by atoms with Gasteiger partial charge in [0, 0.05) is 5.41 Å². The molecular formula is C10H19NO4. The first-order valence-corrected chi connectivity index (χ1v) is 4.64. The lowest BCUT2D eigenvalue weighted by Gasteiger charge is -2.46. The molecule has 0 rings (SSSR count). The van der Waals surface area contributed by atoms with Crippen LogP contribution in [0.1, 0.15) is 34.6 Å². The van der Waals surface area contributed by atoms with Crippen molar-refractivity contribution in [2.45, 2.75) is 40.2 Å². The zero-order valence-corrected chi connectivity index (χ0v) is 9.79. The van der Waals surface area contributed by atoms with E-state index < -0.39 is 28.3 Å². The Morgan fingerprint density at radius 3 is 1.27 bits per heavy atom. The van der Waals surface area contributed by atoms with Gasteiger partial charge in [-0.3, -0.25) is 0 Å². The lowest BCUT2D eigenvalue weighted by molar-refractivity contribution is -0.168. The lowest BCUT2D eigenvalue weighted by atomic mass is 9.58. The molecule has 0 heterocycles. The van der Waals surface area contributed by atoms with Gasteiger partial charge in [-0.05, 0) is 5.41 Å². The van der Waals surface area contributed by atoms with E-state index in [1.807, 2.05) is 0 Å². The molecule has 0 radical (unpaired) electrons. The Morgan fingerprint density at radius 1 is 0.933 bits per heavy atom. The lowest BCUT2D eigenvalue weighted by Crippen LogP contribution is -2.67. The first-order valence-electron chi connectivity index (χ1n) is 4.64. The predicted molar refractivity (Wildman–Crippen MR) is 55.4 cm³/mol. The van der Waals surface area contributed by atoms with Crippen LogP contribution in [-0.2, 0) is 9.59 Å². The van der Waals surface area contributed by atoms with E-state index in [0.717, 1.165) is 0 Å². The molecule has 0 aromatic rings. The maximum atomic E-state index is 11.1. The van der Waals surface area contributed by atoms with Gasteiger partial charge in [-0.1, -0.05) is 34.6 Å². The summed E-state index contributed by atoms with van der Waals surface area (Å²) < 4.78 is 0. The van der Waals surface area contributed by atoms with Gasteiger partial charge in [0.05, 0.1) is 0 Å². The number of aliphatic carboxylic acids is 2. The van der Waals surface area contributed by atoms with Gasteiger partial charge in [-0.15, -0.1) is 0 Å². The van der Waals surface area contributed by atoms with Crippen molar-refractivity contribution in [3.63, 3.8) is 0 Å². The number of carboxylic acids is 2. The molecule has 15 heavy (non-hydrogen) atoms. The molecule has 0 saturated carbocycles. The van der Waals surface area contributed by atoms with Crippen molar-refractivity contribution in [1.82, 2.24) is 0 Å². The van der Waals surface area contributed by atoms with E-state index in [1.165, 1.54) is 0 Å². The van der Waals surface area contributed by atoms with Crippen molar-refractivity contribution < 1.29 is 19.8 Å². The molecule has 0 aromatic carbocycles. The Labute approximate surface area is 89.3 Å². The van der Waals surface area contributed by atoms with E-state index in [9.17, 15) is 9.59 Å². The number of hydrogen-bond donors (Lipinski definition) is 3. The number of hydrogen-bond acceptors (Lipinski definition) is 3. The van der Waals surface area contributed by atoms with Crippen molar-refractivity contribution in [3.8, 4) is 0 Å². The average molecular weight is 217 g/mol. The largest absolute Gasteiger partial charge is 0.479 e. The minimum Gasteiger partial charge on any atom is -0.479 e. The van der Waals surface area contributed by atoms with E-state index in [-0.39, 0.29) is 0 Å². The van der Waals surface area contributed by atoms with Crippen molar-refractivity contribution in [2.24, 2.45) is 16.6 Å². The fourth-order valence-electron chi connectivity index (χ4n) is 1.22. The number of nitrogens with two attached hydrogens (primary N) is 1. The molecule has 5 heteroatoms. The van der Waals surface area contributed by atoms with Crippen molar-refractivity contribution in [3.05, 3.63) is 0 Å².